The molecule has 1 aromatic rings. The van der Waals surface area contributed by atoms with Gasteiger partial charge < -0.3 is 30.2 Å². The number of hydrogen-bond donors (Lipinski definition) is 4. The normalized spacial score (nSPS) is 26.8. The molecule has 1 atom stereocenters. The van der Waals surface area contributed by atoms with Crippen molar-refractivity contribution in [3.63, 3.8) is 0 Å². The Bertz CT molecular complexity index is 790. The van der Waals surface area contributed by atoms with Gasteiger partial charge in [-0.25, -0.2) is 4.99 Å². The molecule has 8 heteroatoms. The van der Waals surface area contributed by atoms with Gasteiger partial charge >= 0.3 is 0 Å². The molecule has 1 aromatic carbocycles. The highest BCUT2D eigenvalue weighted by molar-refractivity contribution is 5.83. The average molecular weight is 432 g/mol. The van der Waals surface area contributed by atoms with Crippen molar-refractivity contribution in [3.05, 3.63) is 30.0 Å². The first kappa shape index (κ1) is 23.2. The van der Waals surface area contributed by atoms with Crippen molar-refractivity contribution in [2.75, 3.05) is 34.9 Å². The fraction of sp³-hybridized carbons (Fsp3) is 0.609. The number of guanidine groups is 1. The molecule has 1 aliphatic carbocycles. The number of nitrogens with one attached hydrogen (secondary N) is 4. The number of likely N-dealkylation sites (N-methyl/N-ethyl adjacent to an activating group) is 1. The Balaban J connectivity index is 1.47. The van der Waals surface area contributed by atoms with Crippen LogP contribution >= 0.6 is 0 Å². The molecule has 8 nitrogen and oxygen atoms in total. The zero-order valence-corrected chi connectivity index (χ0v) is 19.4. The number of benzene rings is 1. The van der Waals surface area contributed by atoms with Crippen molar-refractivity contribution in [1.82, 2.24) is 21.3 Å². The summed E-state index contributed by atoms with van der Waals surface area (Å²) in [6.45, 7) is 3.81. The largest absolute Gasteiger partial charge is 0.496 e. The molecule has 0 spiro atoms. The van der Waals surface area contributed by atoms with Crippen molar-refractivity contribution in [3.8, 4) is 17.2 Å². The van der Waals surface area contributed by atoms with Gasteiger partial charge in [-0.3, -0.25) is 5.32 Å². The first-order valence-electron chi connectivity index (χ1n) is 11.0. The zero-order valence-electron chi connectivity index (χ0n) is 19.4. The second-order valence-electron chi connectivity index (χ2n) is 8.36. The van der Waals surface area contributed by atoms with E-state index in [0.29, 0.717) is 23.5 Å². The molecule has 3 rings (SSSR count). The van der Waals surface area contributed by atoms with Crippen molar-refractivity contribution in [2.24, 2.45) is 10.9 Å². The molecule has 4 N–H and O–H groups in total. The average Bonchev–Trinajstić information content (AvgIpc) is 2.80. The van der Waals surface area contributed by atoms with Gasteiger partial charge in [0.15, 0.2) is 17.5 Å². The summed E-state index contributed by atoms with van der Waals surface area (Å²) in [6, 6.07) is 4.22. The predicted octanol–water partition coefficient (Wildman–Crippen LogP) is 2.36. The number of aliphatic imine (C=N–C) groups is 1. The van der Waals surface area contributed by atoms with Gasteiger partial charge in [0.1, 0.15) is 11.4 Å². The van der Waals surface area contributed by atoms with Crippen LogP contribution in [0.4, 0.5) is 0 Å². The molecule has 1 aliphatic heterocycles. The van der Waals surface area contributed by atoms with Gasteiger partial charge in [-0.05, 0) is 64.3 Å². The monoisotopic (exact) mass is 431 g/mol. The smallest absolute Gasteiger partial charge is 0.197 e. The van der Waals surface area contributed by atoms with Crippen LogP contribution in [0.15, 0.2) is 29.4 Å². The van der Waals surface area contributed by atoms with Crippen molar-refractivity contribution >= 4 is 5.96 Å². The van der Waals surface area contributed by atoms with Crippen LogP contribution in [0.5, 0.6) is 17.2 Å². The Hall–Kier alpha value is -2.45. The third-order valence-corrected chi connectivity index (χ3v) is 6.20. The molecule has 1 heterocycles. The molecular weight excluding hydrogens is 394 g/mol. The minimum atomic E-state index is -0.254. The fourth-order valence-corrected chi connectivity index (χ4v) is 4.13. The van der Waals surface area contributed by atoms with E-state index in [1.54, 1.807) is 21.3 Å². The van der Waals surface area contributed by atoms with Crippen LogP contribution in [-0.4, -0.2) is 52.6 Å². The van der Waals surface area contributed by atoms with Crippen molar-refractivity contribution < 1.29 is 14.2 Å². The van der Waals surface area contributed by atoms with E-state index in [9.17, 15) is 0 Å². The quantitative estimate of drug-likeness (QED) is 0.477. The van der Waals surface area contributed by atoms with Crippen LogP contribution in [-0.2, 0) is 6.54 Å². The minimum absolute atomic E-state index is 0.254. The second kappa shape index (κ2) is 10.7. The Morgan fingerprint density at radius 2 is 1.71 bits per heavy atom. The van der Waals surface area contributed by atoms with Gasteiger partial charge in [-0.1, -0.05) is 0 Å². The molecule has 2 aliphatic rings. The lowest BCUT2D eigenvalue weighted by Gasteiger charge is -2.33. The van der Waals surface area contributed by atoms with E-state index in [0.717, 1.165) is 43.2 Å². The van der Waals surface area contributed by atoms with E-state index in [4.69, 9.17) is 19.2 Å². The lowest BCUT2D eigenvalue weighted by atomic mass is 9.86. The van der Waals surface area contributed by atoms with E-state index in [1.807, 2.05) is 25.4 Å². The number of methoxy groups -OCH3 is 3. The third-order valence-electron chi connectivity index (χ3n) is 6.20. The summed E-state index contributed by atoms with van der Waals surface area (Å²) in [5.74, 6) is 3.71. The maximum atomic E-state index is 5.53. The van der Waals surface area contributed by atoms with E-state index in [-0.39, 0.29) is 5.66 Å². The molecule has 0 amide bonds. The third kappa shape index (κ3) is 6.04. The molecule has 0 radical (unpaired) electrons. The van der Waals surface area contributed by atoms with Crippen LogP contribution in [0.25, 0.3) is 0 Å². The molecule has 1 fully saturated rings. The number of nitrogens with zero attached hydrogens (tertiary/aromatic N) is 1. The van der Waals surface area contributed by atoms with Gasteiger partial charge in [0.25, 0.3) is 0 Å². The number of ether oxygens (including phenoxy) is 3. The molecule has 31 heavy (non-hydrogen) atoms. The van der Waals surface area contributed by atoms with Gasteiger partial charge in [0.2, 0.25) is 0 Å². The number of hydrogen-bond acceptors (Lipinski definition) is 6. The Kier molecular flexibility index (Phi) is 8.03. The standard InChI is InChI=1S/C23H37N5O3/c1-23(24-2)10-11-26-22(28-23)27-18-8-6-16(7-9-18)14-25-15-17-12-20(30-4)21(31-5)13-19(17)29-3/h10-13,16,18,24-25H,6-9,14-15H2,1-5H3,(H2,26,27,28). The SMILES string of the molecule is CNC1(C)C=CNC(=NC2CCC(CNCc3cc(OC)c(OC)cc3OC)CC2)N1. The first-order valence-corrected chi connectivity index (χ1v) is 11.0. The van der Waals surface area contributed by atoms with E-state index in [2.05, 4.69) is 34.3 Å². The summed E-state index contributed by atoms with van der Waals surface area (Å²) >= 11 is 0. The lowest BCUT2D eigenvalue weighted by molar-refractivity contribution is 0.312. The van der Waals surface area contributed by atoms with Gasteiger partial charge in [-0.2, -0.15) is 0 Å². The highest BCUT2D eigenvalue weighted by Crippen LogP contribution is 2.34. The molecular formula is C23H37N5O3. The van der Waals surface area contributed by atoms with Crippen LogP contribution in [0.2, 0.25) is 0 Å². The Morgan fingerprint density at radius 1 is 1.03 bits per heavy atom. The molecule has 1 saturated carbocycles. The van der Waals surface area contributed by atoms with Gasteiger partial charge in [0.05, 0.1) is 27.4 Å². The molecule has 172 valence electrons. The van der Waals surface area contributed by atoms with Gasteiger partial charge in [-0.15, -0.1) is 0 Å². The summed E-state index contributed by atoms with van der Waals surface area (Å²) < 4.78 is 16.3. The van der Waals surface area contributed by atoms with Gasteiger partial charge in [0, 0.05) is 24.4 Å². The molecule has 0 aromatic heterocycles. The minimum Gasteiger partial charge on any atom is -0.496 e. The summed E-state index contributed by atoms with van der Waals surface area (Å²) in [5.41, 5.74) is 0.812. The summed E-state index contributed by atoms with van der Waals surface area (Å²) in [7, 11) is 6.90. The summed E-state index contributed by atoms with van der Waals surface area (Å²) in [4.78, 5) is 4.90. The summed E-state index contributed by atoms with van der Waals surface area (Å²) in [6.07, 6.45) is 8.58. The highest BCUT2D eigenvalue weighted by Gasteiger charge is 2.25. The maximum absolute atomic E-state index is 5.53. The van der Waals surface area contributed by atoms with E-state index >= 15 is 0 Å². The van der Waals surface area contributed by atoms with Crippen molar-refractivity contribution in [2.45, 2.75) is 50.9 Å². The maximum Gasteiger partial charge on any atom is 0.197 e. The molecule has 0 bridgehead atoms. The van der Waals surface area contributed by atoms with Crippen LogP contribution < -0.4 is 35.5 Å². The van der Waals surface area contributed by atoms with Crippen molar-refractivity contribution in [1.29, 1.82) is 0 Å². The Morgan fingerprint density at radius 3 is 2.35 bits per heavy atom. The molecule has 0 saturated heterocycles. The topological polar surface area (TPSA) is 88.2 Å². The highest BCUT2D eigenvalue weighted by atomic mass is 16.5. The molecule has 1 unspecified atom stereocenters. The first-order chi connectivity index (χ1) is 15.0. The predicted molar refractivity (Wildman–Crippen MR) is 124 cm³/mol. The van der Waals surface area contributed by atoms with E-state index in [1.165, 1.54) is 12.8 Å². The van der Waals surface area contributed by atoms with Crippen LogP contribution in [0.3, 0.4) is 0 Å². The van der Waals surface area contributed by atoms with Crippen LogP contribution in [0.1, 0.15) is 38.2 Å². The Labute approximate surface area is 185 Å². The zero-order chi connectivity index (χ0) is 22.3. The number of rotatable bonds is 9. The van der Waals surface area contributed by atoms with Crippen LogP contribution in [0, 0.1) is 5.92 Å². The van der Waals surface area contributed by atoms with E-state index < -0.39 is 0 Å². The summed E-state index contributed by atoms with van der Waals surface area (Å²) in [5, 5.41) is 13.5. The lowest BCUT2D eigenvalue weighted by Crippen LogP contribution is -2.59. The second-order valence-corrected chi connectivity index (χ2v) is 8.36. The fourth-order valence-electron chi connectivity index (χ4n) is 4.13.